The fourth-order valence-electron chi connectivity index (χ4n) is 1.98. The van der Waals surface area contributed by atoms with Crippen molar-refractivity contribution in [3.05, 3.63) is 34.9 Å². The van der Waals surface area contributed by atoms with Crippen LogP contribution in [0.5, 0.6) is 0 Å². The maximum absolute atomic E-state index is 10.9. The summed E-state index contributed by atoms with van der Waals surface area (Å²) in [4.78, 5) is 10.9. The molecule has 0 bridgehead atoms. The molecule has 0 fully saturated rings. The van der Waals surface area contributed by atoms with Crippen molar-refractivity contribution >= 4 is 5.97 Å². The topological polar surface area (TPSA) is 37.3 Å². The van der Waals surface area contributed by atoms with E-state index in [9.17, 15) is 4.79 Å². The van der Waals surface area contributed by atoms with Crippen molar-refractivity contribution in [3.63, 3.8) is 0 Å². The van der Waals surface area contributed by atoms with Crippen LogP contribution < -0.4 is 0 Å². The second kappa shape index (κ2) is 2.87. The van der Waals surface area contributed by atoms with E-state index in [1.165, 1.54) is 5.56 Å². The zero-order chi connectivity index (χ0) is 9.42. The first-order valence-electron chi connectivity index (χ1n) is 4.50. The number of fused-ring (bicyclic) bond motifs is 1. The minimum atomic E-state index is -0.690. The summed E-state index contributed by atoms with van der Waals surface area (Å²) in [6.07, 6.45) is 1.67. The summed E-state index contributed by atoms with van der Waals surface area (Å²) in [5, 5.41) is 8.95. The molecule has 0 saturated heterocycles. The Morgan fingerprint density at radius 3 is 3.00 bits per heavy atom. The number of aliphatic carboxylic acids is 1. The standard InChI is InChI=1S/C11H12O2/c1-7-2-3-8-4-5-9(11(12)13)10(8)6-7/h2-3,6,9H,4-5H2,1H3,(H,12,13)/t9-/m1/s1. The molecule has 1 aliphatic rings. The normalized spacial score (nSPS) is 19.9. The number of aryl methyl sites for hydroxylation is 2. The summed E-state index contributed by atoms with van der Waals surface area (Å²) >= 11 is 0. The van der Waals surface area contributed by atoms with E-state index in [0.717, 1.165) is 24.0 Å². The molecule has 0 amide bonds. The highest BCUT2D eigenvalue weighted by molar-refractivity contribution is 5.77. The molecule has 2 nitrogen and oxygen atoms in total. The van der Waals surface area contributed by atoms with Gasteiger partial charge in [0.15, 0.2) is 0 Å². The molecular formula is C11H12O2. The first kappa shape index (κ1) is 8.30. The van der Waals surface area contributed by atoms with Crippen LogP contribution in [-0.2, 0) is 11.2 Å². The highest BCUT2D eigenvalue weighted by Gasteiger charge is 2.27. The fourth-order valence-corrected chi connectivity index (χ4v) is 1.98. The maximum Gasteiger partial charge on any atom is 0.310 e. The van der Waals surface area contributed by atoms with Crippen LogP contribution >= 0.6 is 0 Å². The summed E-state index contributed by atoms with van der Waals surface area (Å²) in [6, 6.07) is 6.10. The second-order valence-corrected chi connectivity index (χ2v) is 3.63. The Kier molecular flexibility index (Phi) is 1.83. The van der Waals surface area contributed by atoms with Crippen molar-refractivity contribution in [1.82, 2.24) is 0 Å². The molecular weight excluding hydrogens is 164 g/mol. The highest BCUT2D eigenvalue weighted by Crippen LogP contribution is 2.33. The zero-order valence-corrected chi connectivity index (χ0v) is 7.58. The van der Waals surface area contributed by atoms with Gasteiger partial charge in [-0.3, -0.25) is 4.79 Å². The van der Waals surface area contributed by atoms with Crippen LogP contribution in [0.25, 0.3) is 0 Å². The van der Waals surface area contributed by atoms with Gasteiger partial charge in [0.2, 0.25) is 0 Å². The number of hydrogen-bond donors (Lipinski definition) is 1. The monoisotopic (exact) mass is 176 g/mol. The van der Waals surface area contributed by atoms with Crippen molar-refractivity contribution < 1.29 is 9.90 Å². The Hall–Kier alpha value is -1.31. The molecule has 1 N–H and O–H groups in total. The van der Waals surface area contributed by atoms with Gasteiger partial charge in [-0.05, 0) is 30.9 Å². The first-order valence-corrected chi connectivity index (χ1v) is 4.50. The molecule has 0 aromatic heterocycles. The number of benzene rings is 1. The molecule has 0 aliphatic heterocycles. The number of carbonyl (C=O) groups is 1. The predicted octanol–water partition coefficient (Wildman–Crippen LogP) is 2.11. The number of carboxylic acid groups (broad SMARTS) is 1. The van der Waals surface area contributed by atoms with E-state index in [4.69, 9.17) is 5.11 Å². The van der Waals surface area contributed by atoms with Gasteiger partial charge in [-0.25, -0.2) is 0 Å². The Labute approximate surface area is 77.2 Å². The van der Waals surface area contributed by atoms with Gasteiger partial charge in [0.05, 0.1) is 5.92 Å². The lowest BCUT2D eigenvalue weighted by Crippen LogP contribution is -2.07. The molecule has 0 heterocycles. The third-order valence-electron chi connectivity index (χ3n) is 2.68. The van der Waals surface area contributed by atoms with Gasteiger partial charge in [-0.1, -0.05) is 23.8 Å². The van der Waals surface area contributed by atoms with Crippen molar-refractivity contribution in [2.75, 3.05) is 0 Å². The van der Waals surface area contributed by atoms with Crippen molar-refractivity contribution in [2.45, 2.75) is 25.7 Å². The van der Waals surface area contributed by atoms with Gasteiger partial charge in [0, 0.05) is 0 Å². The largest absolute Gasteiger partial charge is 0.481 e. The molecule has 13 heavy (non-hydrogen) atoms. The lowest BCUT2D eigenvalue weighted by Gasteiger charge is -2.05. The fraction of sp³-hybridized carbons (Fsp3) is 0.364. The molecule has 68 valence electrons. The number of rotatable bonds is 1. The highest BCUT2D eigenvalue weighted by atomic mass is 16.4. The van der Waals surface area contributed by atoms with Gasteiger partial charge >= 0.3 is 5.97 Å². The van der Waals surface area contributed by atoms with Gasteiger partial charge in [-0.15, -0.1) is 0 Å². The predicted molar refractivity (Wildman–Crippen MR) is 49.9 cm³/mol. The van der Waals surface area contributed by atoms with E-state index in [1.807, 2.05) is 25.1 Å². The van der Waals surface area contributed by atoms with E-state index >= 15 is 0 Å². The Morgan fingerprint density at radius 2 is 2.31 bits per heavy atom. The van der Waals surface area contributed by atoms with Crippen molar-refractivity contribution in [3.8, 4) is 0 Å². The molecule has 0 saturated carbocycles. The molecule has 1 aliphatic carbocycles. The Bertz CT molecular complexity index is 355. The zero-order valence-electron chi connectivity index (χ0n) is 7.58. The van der Waals surface area contributed by atoms with Crippen LogP contribution in [-0.4, -0.2) is 11.1 Å². The smallest absolute Gasteiger partial charge is 0.310 e. The van der Waals surface area contributed by atoms with E-state index < -0.39 is 5.97 Å². The first-order chi connectivity index (χ1) is 6.18. The second-order valence-electron chi connectivity index (χ2n) is 3.63. The van der Waals surface area contributed by atoms with Crippen molar-refractivity contribution in [1.29, 1.82) is 0 Å². The van der Waals surface area contributed by atoms with E-state index in [0.29, 0.717) is 0 Å². The average molecular weight is 176 g/mol. The summed E-state index contributed by atoms with van der Waals surface area (Å²) in [5.74, 6) is -0.959. The maximum atomic E-state index is 10.9. The third-order valence-corrected chi connectivity index (χ3v) is 2.68. The van der Waals surface area contributed by atoms with Gasteiger partial charge in [0.1, 0.15) is 0 Å². The van der Waals surface area contributed by atoms with E-state index in [2.05, 4.69) is 0 Å². The summed E-state index contributed by atoms with van der Waals surface area (Å²) in [6.45, 7) is 2.00. The summed E-state index contributed by atoms with van der Waals surface area (Å²) < 4.78 is 0. The Balaban J connectivity index is 2.46. The molecule has 2 heteroatoms. The Morgan fingerprint density at radius 1 is 1.54 bits per heavy atom. The van der Waals surface area contributed by atoms with Crippen LogP contribution in [0.15, 0.2) is 18.2 Å². The van der Waals surface area contributed by atoms with Crippen LogP contribution in [0.4, 0.5) is 0 Å². The van der Waals surface area contributed by atoms with E-state index in [1.54, 1.807) is 0 Å². The van der Waals surface area contributed by atoms with Crippen LogP contribution in [0.2, 0.25) is 0 Å². The van der Waals surface area contributed by atoms with Crippen LogP contribution in [0.3, 0.4) is 0 Å². The molecule has 2 rings (SSSR count). The minimum Gasteiger partial charge on any atom is -0.481 e. The van der Waals surface area contributed by atoms with Crippen molar-refractivity contribution in [2.24, 2.45) is 0 Å². The quantitative estimate of drug-likeness (QED) is 0.711. The van der Waals surface area contributed by atoms with Crippen LogP contribution in [0, 0.1) is 6.92 Å². The molecule has 1 aromatic carbocycles. The lowest BCUT2D eigenvalue weighted by atomic mass is 10.00. The molecule has 0 spiro atoms. The average Bonchev–Trinajstić information content (AvgIpc) is 2.46. The molecule has 1 aromatic rings. The van der Waals surface area contributed by atoms with Crippen LogP contribution in [0.1, 0.15) is 29.0 Å². The SMILES string of the molecule is Cc1ccc2c(c1)[C@H](C(=O)O)CC2. The van der Waals surface area contributed by atoms with Gasteiger partial charge < -0.3 is 5.11 Å². The van der Waals surface area contributed by atoms with Gasteiger partial charge in [0.25, 0.3) is 0 Å². The lowest BCUT2D eigenvalue weighted by molar-refractivity contribution is -0.138. The molecule has 0 unspecified atom stereocenters. The van der Waals surface area contributed by atoms with E-state index in [-0.39, 0.29) is 5.92 Å². The number of hydrogen-bond acceptors (Lipinski definition) is 1. The molecule has 1 atom stereocenters. The van der Waals surface area contributed by atoms with Gasteiger partial charge in [-0.2, -0.15) is 0 Å². The summed E-state index contributed by atoms with van der Waals surface area (Å²) in [5.41, 5.74) is 3.37. The summed E-state index contributed by atoms with van der Waals surface area (Å²) in [7, 11) is 0. The molecule has 0 radical (unpaired) electrons. The number of carboxylic acids is 1. The third kappa shape index (κ3) is 1.32. The minimum absolute atomic E-state index is 0.269.